The molecule has 16 nitrogen and oxygen atoms in total. The summed E-state index contributed by atoms with van der Waals surface area (Å²) in [6, 6.07) is -0.666. The van der Waals surface area contributed by atoms with E-state index < -0.39 is 78.1 Å². The summed E-state index contributed by atoms with van der Waals surface area (Å²) in [6.45, 7) is 9.47. The van der Waals surface area contributed by atoms with Crippen molar-refractivity contribution in [2.24, 2.45) is 0 Å². The quantitative estimate of drug-likeness (QED) is 0.171. The fraction of sp³-hybridized carbons (Fsp3) is 0.600. The maximum Gasteiger partial charge on any atom is 0.331 e. The summed E-state index contributed by atoms with van der Waals surface area (Å²) in [5.41, 5.74) is -1.29. The van der Waals surface area contributed by atoms with Gasteiger partial charge in [-0.15, -0.1) is 0 Å². The second kappa shape index (κ2) is 19.6. The Balaban J connectivity index is 0.000000885. The third-order valence-electron chi connectivity index (χ3n) is 5.25. The van der Waals surface area contributed by atoms with Crippen molar-refractivity contribution in [2.75, 3.05) is 47.6 Å². The molecule has 16 heteroatoms. The van der Waals surface area contributed by atoms with Crippen molar-refractivity contribution in [3.63, 3.8) is 0 Å². The molecule has 0 spiro atoms. The lowest BCUT2D eigenvalue weighted by Gasteiger charge is -2.27. The Morgan fingerprint density at radius 3 is 1.63 bits per heavy atom. The monoisotopic (exact) mass is 656 g/mol. The number of hydrogen-bond donors (Lipinski definition) is 0. The van der Waals surface area contributed by atoms with Crippen LogP contribution in [0, 0.1) is 0 Å². The van der Waals surface area contributed by atoms with E-state index in [-0.39, 0.29) is 6.54 Å². The van der Waals surface area contributed by atoms with Gasteiger partial charge in [-0.25, -0.2) is 24.0 Å². The lowest BCUT2D eigenvalue weighted by atomic mass is 10.1. The van der Waals surface area contributed by atoms with E-state index in [0.717, 1.165) is 36.3 Å². The molecule has 1 heterocycles. The van der Waals surface area contributed by atoms with Gasteiger partial charge in [-0.05, 0) is 54.4 Å². The van der Waals surface area contributed by atoms with Gasteiger partial charge in [-0.2, -0.15) is 0 Å². The van der Waals surface area contributed by atoms with E-state index in [9.17, 15) is 38.4 Å². The number of methoxy groups -OCH3 is 2. The fourth-order valence-electron chi connectivity index (χ4n) is 3.30. The van der Waals surface area contributed by atoms with Gasteiger partial charge in [0.05, 0.1) is 14.2 Å². The Labute approximate surface area is 267 Å². The van der Waals surface area contributed by atoms with Crippen LogP contribution in [0.15, 0.2) is 24.3 Å². The Bertz CT molecular complexity index is 1180. The van der Waals surface area contributed by atoms with Gasteiger partial charge in [-0.1, -0.05) is 0 Å². The molecule has 1 aliphatic heterocycles. The van der Waals surface area contributed by atoms with E-state index in [0.29, 0.717) is 19.4 Å². The lowest BCUT2D eigenvalue weighted by molar-refractivity contribution is -0.164. The zero-order valence-corrected chi connectivity index (χ0v) is 27.7. The molecular formula is C30H44N2O14. The molecule has 0 N–H and O–H groups in total. The summed E-state index contributed by atoms with van der Waals surface area (Å²) >= 11 is 0. The first-order valence-electron chi connectivity index (χ1n) is 14.0. The highest BCUT2D eigenvalue weighted by atomic mass is 16.6. The zero-order chi connectivity index (χ0) is 35.7. The average molecular weight is 657 g/mol. The zero-order valence-electron chi connectivity index (χ0n) is 27.7. The van der Waals surface area contributed by atoms with E-state index >= 15 is 0 Å². The molecule has 0 saturated carbocycles. The average Bonchev–Trinajstić information content (AvgIpc) is 3.45. The summed E-state index contributed by atoms with van der Waals surface area (Å²) in [5.74, 6) is -5.24. The van der Waals surface area contributed by atoms with Crippen LogP contribution >= 0.6 is 0 Å². The molecule has 1 rings (SSSR count). The van der Waals surface area contributed by atoms with Crippen molar-refractivity contribution in [3.8, 4) is 0 Å². The highest BCUT2D eigenvalue weighted by molar-refractivity contribution is 5.94. The molecule has 1 saturated heterocycles. The SMILES string of the molecule is COC(=O)/C=C/C(=O)OCC(=O)N(C)CC(=O)OC(C)(C)C.COC(=O)/C=C/C(=O)OCC(=O)N1CCCC1C(=O)OC(C)(C)C. The number of nitrogens with zero attached hydrogens (tertiary/aromatic N) is 2. The van der Waals surface area contributed by atoms with Crippen LogP contribution in [0.3, 0.4) is 0 Å². The lowest BCUT2D eigenvalue weighted by Crippen LogP contribution is -2.45. The molecule has 0 aromatic heterocycles. The maximum atomic E-state index is 12.1. The second-order valence-electron chi connectivity index (χ2n) is 11.5. The number of likely N-dealkylation sites (tertiary alicyclic amines) is 1. The molecule has 258 valence electrons. The summed E-state index contributed by atoms with van der Waals surface area (Å²) in [4.78, 5) is 94.2. The van der Waals surface area contributed by atoms with Crippen LogP contribution in [0.4, 0.5) is 0 Å². The van der Waals surface area contributed by atoms with Gasteiger partial charge in [0, 0.05) is 37.9 Å². The number of carbonyl (C=O) groups excluding carboxylic acids is 8. The van der Waals surface area contributed by atoms with Gasteiger partial charge in [0.1, 0.15) is 23.8 Å². The number of carbonyl (C=O) groups is 8. The van der Waals surface area contributed by atoms with Gasteiger partial charge in [-0.3, -0.25) is 14.4 Å². The van der Waals surface area contributed by atoms with Crippen LogP contribution in [-0.2, 0) is 66.8 Å². The van der Waals surface area contributed by atoms with Crippen molar-refractivity contribution in [1.82, 2.24) is 9.80 Å². The molecule has 0 bridgehead atoms. The molecule has 1 atom stereocenters. The van der Waals surface area contributed by atoms with Crippen molar-refractivity contribution in [3.05, 3.63) is 24.3 Å². The van der Waals surface area contributed by atoms with E-state index in [1.165, 1.54) is 19.1 Å². The first kappa shape index (κ1) is 41.2. The van der Waals surface area contributed by atoms with E-state index in [1.54, 1.807) is 41.5 Å². The van der Waals surface area contributed by atoms with Crippen LogP contribution in [0.25, 0.3) is 0 Å². The number of amides is 2. The molecule has 1 unspecified atom stereocenters. The third-order valence-corrected chi connectivity index (χ3v) is 5.25. The molecule has 0 aliphatic carbocycles. The topological polar surface area (TPSA) is 198 Å². The normalized spacial score (nSPS) is 14.5. The minimum absolute atomic E-state index is 0.258. The number of esters is 6. The minimum Gasteiger partial charge on any atom is -0.466 e. The minimum atomic E-state index is -0.871. The van der Waals surface area contributed by atoms with Crippen LogP contribution in [0.1, 0.15) is 54.4 Å². The van der Waals surface area contributed by atoms with Crippen molar-refractivity contribution in [2.45, 2.75) is 71.6 Å². The summed E-state index contributed by atoms with van der Waals surface area (Å²) < 4.78 is 28.4. The highest BCUT2D eigenvalue weighted by Gasteiger charge is 2.37. The first-order chi connectivity index (χ1) is 21.2. The molecule has 1 aliphatic rings. The van der Waals surface area contributed by atoms with E-state index in [2.05, 4.69) is 14.2 Å². The highest BCUT2D eigenvalue weighted by Crippen LogP contribution is 2.21. The van der Waals surface area contributed by atoms with Crippen molar-refractivity contribution in [1.29, 1.82) is 0 Å². The predicted molar refractivity (Wildman–Crippen MR) is 158 cm³/mol. The van der Waals surface area contributed by atoms with Gasteiger partial charge in [0.25, 0.3) is 11.8 Å². The van der Waals surface area contributed by atoms with Gasteiger partial charge in [0.15, 0.2) is 13.2 Å². The number of rotatable bonds is 11. The molecule has 0 aromatic carbocycles. The van der Waals surface area contributed by atoms with Gasteiger partial charge >= 0.3 is 35.8 Å². The Morgan fingerprint density at radius 1 is 0.717 bits per heavy atom. The molecule has 46 heavy (non-hydrogen) atoms. The van der Waals surface area contributed by atoms with Gasteiger partial charge < -0.3 is 38.2 Å². The van der Waals surface area contributed by atoms with Gasteiger partial charge in [0.2, 0.25) is 0 Å². The molecule has 1 fully saturated rings. The predicted octanol–water partition coefficient (Wildman–Crippen LogP) is 0.650. The third kappa shape index (κ3) is 18.8. The molecule has 0 radical (unpaired) electrons. The largest absolute Gasteiger partial charge is 0.466 e. The standard InChI is InChI=1S/C16H23NO7.C14H21NO7/c1-16(2,3)24-15(21)11-6-5-9-17(11)12(18)10-23-14(20)8-7-13(19)22-4;1-14(2,3)22-13(19)8-15(4)10(16)9-21-12(18)7-6-11(17)20-5/h7-8,11H,5-6,9-10H2,1-4H3;6-7H,8-9H2,1-5H3/b8-7+;7-6+. The summed E-state index contributed by atoms with van der Waals surface area (Å²) in [7, 11) is 3.71. The second-order valence-corrected chi connectivity index (χ2v) is 11.5. The first-order valence-corrected chi connectivity index (χ1v) is 14.0. The Kier molecular flexibility index (Phi) is 17.6. The van der Waals surface area contributed by atoms with Crippen molar-refractivity contribution < 1.29 is 66.8 Å². The summed E-state index contributed by atoms with van der Waals surface area (Å²) in [5, 5.41) is 0. The molecule has 0 aromatic rings. The molecular weight excluding hydrogens is 612 g/mol. The number of ether oxygens (including phenoxy) is 6. The van der Waals surface area contributed by atoms with E-state index in [4.69, 9.17) is 14.2 Å². The number of hydrogen-bond acceptors (Lipinski definition) is 14. The number of likely N-dealkylation sites (N-methyl/N-ethyl adjacent to an activating group) is 1. The van der Waals surface area contributed by atoms with Crippen LogP contribution in [0.5, 0.6) is 0 Å². The smallest absolute Gasteiger partial charge is 0.331 e. The Morgan fingerprint density at radius 2 is 1.17 bits per heavy atom. The molecule has 2 amide bonds. The fourth-order valence-corrected chi connectivity index (χ4v) is 3.30. The maximum absolute atomic E-state index is 12.1. The summed E-state index contributed by atoms with van der Waals surface area (Å²) in [6.07, 6.45) is 4.66. The van der Waals surface area contributed by atoms with E-state index in [1.807, 2.05) is 0 Å². The van der Waals surface area contributed by atoms with Crippen LogP contribution in [0.2, 0.25) is 0 Å². The van der Waals surface area contributed by atoms with Crippen LogP contribution in [-0.4, -0.2) is 122 Å². The Hall–Kier alpha value is -4.76. The van der Waals surface area contributed by atoms with Crippen molar-refractivity contribution >= 4 is 47.6 Å². The van der Waals surface area contributed by atoms with Crippen LogP contribution < -0.4 is 0 Å².